The van der Waals surface area contributed by atoms with E-state index >= 15 is 0 Å². The van der Waals surface area contributed by atoms with Crippen molar-refractivity contribution in [1.29, 1.82) is 0 Å². The topological polar surface area (TPSA) is 46.5 Å². The molecule has 0 aromatic rings. The van der Waals surface area contributed by atoms with E-state index in [9.17, 15) is 4.79 Å². The Morgan fingerprint density at radius 3 is 2.70 bits per heavy atom. The van der Waals surface area contributed by atoms with Crippen LogP contribution in [0.3, 0.4) is 0 Å². The van der Waals surface area contributed by atoms with Gasteiger partial charge in [0.05, 0.1) is 12.7 Å². The Kier molecular flexibility index (Phi) is 5.16. The van der Waals surface area contributed by atoms with Crippen LogP contribution in [-0.2, 0) is 9.53 Å². The van der Waals surface area contributed by atoms with Gasteiger partial charge in [0.25, 0.3) is 0 Å². The van der Waals surface area contributed by atoms with Crippen LogP contribution in [0.25, 0.3) is 0 Å². The first-order chi connectivity index (χ1) is 4.66. The molecule has 1 N–H and O–H groups in total. The normalized spacial score (nSPS) is 13.1. The molecule has 0 aromatic heterocycles. The monoisotopic (exact) mass is 146 g/mol. The van der Waals surface area contributed by atoms with Gasteiger partial charge in [-0.15, -0.1) is 0 Å². The maximum atomic E-state index is 10.6. The van der Waals surface area contributed by atoms with Crippen LogP contribution in [0.15, 0.2) is 0 Å². The lowest BCUT2D eigenvalue weighted by Gasteiger charge is -2.03. The number of ether oxygens (including phenoxy) is 1. The second-order valence-electron chi connectivity index (χ2n) is 2.26. The highest BCUT2D eigenvalue weighted by Crippen LogP contribution is 1.85. The molecule has 0 heterocycles. The van der Waals surface area contributed by atoms with E-state index in [0.717, 1.165) is 0 Å². The van der Waals surface area contributed by atoms with Crippen molar-refractivity contribution in [3.63, 3.8) is 0 Å². The molecule has 1 unspecified atom stereocenters. The van der Waals surface area contributed by atoms with Crippen molar-refractivity contribution in [3.8, 4) is 0 Å². The number of aliphatic hydroxyl groups excluding tert-OH is 1. The van der Waals surface area contributed by atoms with Crippen LogP contribution in [0.4, 0.5) is 0 Å². The zero-order valence-electron chi connectivity index (χ0n) is 6.46. The van der Waals surface area contributed by atoms with Gasteiger partial charge in [-0.1, -0.05) is 6.92 Å². The minimum absolute atomic E-state index is 0.0700. The van der Waals surface area contributed by atoms with Crippen molar-refractivity contribution in [2.75, 3.05) is 13.2 Å². The van der Waals surface area contributed by atoms with E-state index < -0.39 is 6.10 Å². The van der Waals surface area contributed by atoms with E-state index in [-0.39, 0.29) is 19.0 Å². The smallest absolute Gasteiger partial charge is 0.158 e. The zero-order chi connectivity index (χ0) is 7.98. The predicted molar refractivity (Wildman–Crippen MR) is 37.8 cm³/mol. The molecular formula is C7H14O3. The Morgan fingerprint density at radius 1 is 1.70 bits per heavy atom. The predicted octanol–water partition coefficient (Wildman–Crippen LogP) is 0.363. The van der Waals surface area contributed by atoms with E-state index in [1.807, 2.05) is 0 Å². The van der Waals surface area contributed by atoms with Crippen LogP contribution in [-0.4, -0.2) is 30.2 Å². The summed E-state index contributed by atoms with van der Waals surface area (Å²) in [7, 11) is 0. The average Bonchev–Trinajstić information content (AvgIpc) is 1.87. The number of ketones is 1. The van der Waals surface area contributed by atoms with Gasteiger partial charge in [-0.25, -0.2) is 0 Å². The largest absolute Gasteiger partial charge is 0.391 e. The van der Waals surface area contributed by atoms with Gasteiger partial charge in [-0.2, -0.15) is 0 Å². The van der Waals surface area contributed by atoms with E-state index in [4.69, 9.17) is 9.84 Å². The minimum Gasteiger partial charge on any atom is -0.391 e. The van der Waals surface area contributed by atoms with E-state index in [1.165, 1.54) is 0 Å². The van der Waals surface area contributed by atoms with Crippen molar-refractivity contribution in [2.45, 2.75) is 26.4 Å². The number of carbonyl (C=O) groups excluding carboxylic acids is 1. The standard InChI is InChI=1S/C7H14O3/c1-3-7(9)5-10-4-6(2)8/h6,8H,3-5H2,1-2H3. The third kappa shape index (κ3) is 5.72. The fraction of sp³-hybridized carbons (Fsp3) is 0.857. The molecular weight excluding hydrogens is 132 g/mol. The number of carbonyl (C=O) groups is 1. The molecule has 0 amide bonds. The summed E-state index contributed by atoms with van der Waals surface area (Å²) in [6.07, 6.45) is 0.0180. The molecule has 0 fully saturated rings. The van der Waals surface area contributed by atoms with Gasteiger partial charge in [-0.05, 0) is 6.92 Å². The Hall–Kier alpha value is -0.410. The van der Waals surface area contributed by atoms with Gasteiger partial charge < -0.3 is 9.84 Å². The molecule has 3 heteroatoms. The van der Waals surface area contributed by atoms with Crippen molar-refractivity contribution in [3.05, 3.63) is 0 Å². The molecule has 0 saturated heterocycles. The molecule has 60 valence electrons. The third-order valence-electron chi connectivity index (χ3n) is 1.02. The molecule has 1 atom stereocenters. The summed E-state index contributed by atoms with van der Waals surface area (Å²) in [6.45, 7) is 3.78. The Labute approximate surface area is 61.0 Å². The van der Waals surface area contributed by atoms with Crippen molar-refractivity contribution >= 4 is 5.78 Å². The number of aliphatic hydroxyl groups is 1. The summed E-state index contributed by atoms with van der Waals surface area (Å²) >= 11 is 0. The number of Topliss-reactive ketones (excluding diaryl/α,β-unsaturated/α-hetero) is 1. The van der Waals surface area contributed by atoms with E-state index in [0.29, 0.717) is 6.42 Å². The minimum atomic E-state index is -0.482. The molecule has 0 aliphatic heterocycles. The van der Waals surface area contributed by atoms with Gasteiger partial charge in [0.1, 0.15) is 6.61 Å². The van der Waals surface area contributed by atoms with Crippen LogP contribution in [0, 0.1) is 0 Å². The first kappa shape index (κ1) is 9.59. The Balaban J connectivity index is 3.12. The molecule has 3 nitrogen and oxygen atoms in total. The SMILES string of the molecule is CCC(=O)COCC(C)O. The summed E-state index contributed by atoms with van der Waals surface area (Å²) in [5.74, 6) is 0.0700. The summed E-state index contributed by atoms with van der Waals surface area (Å²) in [4.78, 5) is 10.6. The maximum absolute atomic E-state index is 10.6. The molecule has 0 aliphatic rings. The lowest BCUT2D eigenvalue weighted by Crippen LogP contribution is -2.15. The van der Waals surface area contributed by atoms with Crippen LogP contribution in [0.2, 0.25) is 0 Å². The van der Waals surface area contributed by atoms with Gasteiger partial charge >= 0.3 is 0 Å². The fourth-order valence-electron chi connectivity index (χ4n) is 0.445. The fourth-order valence-corrected chi connectivity index (χ4v) is 0.445. The summed E-state index contributed by atoms with van der Waals surface area (Å²) in [5, 5.41) is 8.70. The summed E-state index contributed by atoms with van der Waals surface area (Å²) in [5.41, 5.74) is 0. The summed E-state index contributed by atoms with van der Waals surface area (Å²) in [6, 6.07) is 0. The van der Waals surface area contributed by atoms with Crippen LogP contribution in [0.5, 0.6) is 0 Å². The van der Waals surface area contributed by atoms with Crippen molar-refractivity contribution in [2.24, 2.45) is 0 Å². The molecule has 0 spiro atoms. The Bertz CT molecular complexity index is 99.0. The van der Waals surface area contributed by atoms with E-state index in [2.05, 4.69) is 0 Å². The third-order valence-corrected chi connectivity index (χ3v) is 1.02. The van der Waals surface area contributed by atoms with Gasteiger partial charge in [-0.3, -0.25) is 4.79 Å². The Morgan fingerprint density at radius 2 is 2.30 bits per heavy atom. The average molecular weight is 146 g/mol. The van der Waals surface area contributed by atoms with Gasteiger partial charge in [0.2, 0.25) is 0 Å². The molecule has 0 aliphatic carbocycles. The molecule has 10 heavy (non-hydrogen) atoms. The second kappa shape index (κ2) is 5.38. The lowest BCUT2D eigenvalue weighted by atomic mass is 10.3. The van der Waals surface area contributed by atoms with Crippen LogP contribution >= 0.6 is 0 Å². The molecule has 0 rings (SSSR count). The van der Waals surface area contributed by atoms with Crippen molar-refractivity contribution in [1.82, 2.24) is 0 Å². The quantitative estimate of drug-likeness (QED) is 0.609. The first-order valence-corrected chi connectivity index (χ1v) is 3.44. The number of rotatable bonds is 5. The van der Waals surface area contributed by atoms with Crippen LogP contribution < -0.4 is 0 Å². The maximum Gasteiger partial charge on any atom is 0.158 e. The highest BCUT2D eigenvalue weighted by Gasteiger charge is 1.99. The highest BCUT2D eigenvalue weighted by molar-refractivity contribution is 5.79. The molecule has 0 saturated carbocycles. The highest BCUT2D eigenvalue weighted by atomic mass is 16.5. The molecule has 0 aromatic carbocycles. The van der Waals surface area contributed by atoms with Gasteiger partial charge in [0.15, 0.2) is 5.78 Å². The zero-order valence-corrected chi connectivity index (χ0v) is 6.46. The first-order valence-electron chi connectivity index (χ1n) is 3.44. The molecule has 0 bridgehead atoms. The van der Waals surface area contributed by atoms with Crippen molar-refractivity contribution < 1.29 is 14.6 Å². The number of hydrogen-bond acceptors (Lipinski definition) is 3. The molecule has 0 radical (unpaired) electrons. The summed E-state index contributed by atoms with van der Waals surface area (Å²) < 4.78 is 4.85. The van der Waals surface area contributed by atoms with Crippen LogP contribution in [0.1, 0.15) is 20.3 Å². The number of hydrogen-bond donors (Lipinski definition) is 1. The second-order valence-corrected chi connectivity index (χ2v) is 2.26. The lowest BCUT2D eigenvalue weighted by molar-refractivity contribution is -0.124. The van der Waals surface area contributed by atoms with Gasteiger partial charge in [0, 0.05) is 6.42 Å². The van der Waals surface area contributed by atoms with E-state index in [1.54, 1.807) is 13.8 Å².